The molecule has 4 aromatic rings. The Kier molecular flexibility index (Phi) is 6.42. The van der Waals surface area contributed by atoms with E-state index in [2.05, 4.69) is 12.2 Å². The van der Waals surface area contributed by atoms with Crippen LogP contribution in [-0.2, 0) is 11.2 Å². The van der Waals surface area contributed by atoms with Crippen molar-refractivity contribution in [3.05, 3.63) is 93.8 Å². The molecule has 0 saturated heterocycles. The first kappa shape index (κ1) is 21.5. The lowest BCUT2D eigenvalue weighted by Crippen LogP contribution is -2.20. The molecule has 0 unspecified atom stereocenters. The van der Waals surface area contributed by atoms with Gasteiger partial charge in [-0.25, -0.2) is 0 Å². The summed E-state index contributed by atoms with van der Waals surface area (Å²) in [5, 5.41) is 3.65. The van der Waals surface area contributed by atoms with Gasteiger partial charge in [0.1, 0.15) is 23.3 Å². The number of fused-ring (bicyclic) bond motifs is 1. The van der Waals surface area contributed by atoms with Gasteiger partial charge in [-0.2, -0.15) is 0 Å². The average molecular weight is 450 g/mol. The Morgan fingerprint density at radius 1 is 1.00 bits per heavy atom. The maximum Gasteiger partial charge on any atom is 0.262 e. The summed E-state index contributed by atoms with van der Waals surface area (Å²) in [6.45, 7) is 1.87. The fraction of sp³-hybridized carbons (Fsp3) is 0.120. The van der Waals surface area contributed by atoms with Crippen LogP contribution in [-0.4, -0.2) is 12.5 Å². The Hall–Kier alpha value is -3.77. The van der Waals surface area contributed by atoms with Gasteiger partial charge in [0.05, 0.1) is 5.39 Å². The molecule has 0 radical (unpaired) electrons. The Morgan fingerprint density at radius 2 is 1.72 bits per heavy atom. The monoisotopic (exact) mass is 449 g/mol. The lowest BCUT2D eigenvalue weighted by Gasteiger charge is -2.09. The van der Waals surface area contributed by atoms with E-state index < -0.39 is 0 Å². The molecule has 4 rings (SSSR count). The van der Waals surface area contributed by atoms with Gasteiger partial charge in [-0.3, -0.25) is 9.59 Å². The average Bonchev–Trinajstić information content (AvgIpc) is 2.81. The molecule has 0 bridgehead atoms. The molecule has 0 atom stereocenters. The van der Waals surface area contributed by atoms with Crippen molar-refractivity contribution >= 4 is 34.2 Å². The summed E-state index contributed by atoms with van der Waals surface area (Å²) in [6.07, 6.45) is 2.20. The number of hydrogen-bond donors (Lipinski definition) is 1. The van der Waals surface area contributed by atoms with Crippen molar-refractivity contribution in [2.24, 2.45) is 0 Å². The Morgan fingerprint density at radius 3 is 2.44 bits per heavy atom. The van der Waals surface area contributed by atoms with Gasteiger partial charge in [-0.15, -0.1) is 0 Å². The zero-order chi connectivity index (χ0) is 22.5. The minimum absolute atomic E-state index is 0.0951. The first-order valence-corrected chi connectivity index (χ1v) is 10.4. The predicted molar refractivity (Wildman–Crippen MR) is 124 cm³/mol. The third-order valence-electron chi connectivity index (χ3n) is 4.77. The second-order valence-corrected chi connectivity index (χ2v) is 7.47. The van der Waals surface area contributed by atoms with E-state index in [4.69, 9.17) is 25.5 Å². The number of hydrogen-bond acceptors (Lipinski definition) is 5. The van der Waals surface area contributed by atoms with Crippen molar-refractivity contribution in [1.29, 1.82) is 0 Å². The molecule has 1 aromatic heterocycles. The normalized spacial score (nSPS) is 10.7. The summed E-state index contributed by atoms with van der Waals surface area (Å²) in [5.41, 5.74) is 1.83. The number of aryl methyl sites for hydroxylation is 1. The largest absolute Gasteiger partial charge is 0.484 e. The van der Waals surface area contributed by atoms with Gasteiger partial charge in [0, 0.05) is 16.8 Å². The van der Waals surface area contributed by atoms with Crippen LogP contribution in [0.1, 0.15) is 12.5 Å². The zero-order valence-electron chi connectivity index (χ0n) is 17.3. The van der Waals surface area contributed by atoms with Gasteiger partial charge in [0.2, 0.25) is 11.2 Å². The third-order valence-corrected chi connectivity index (χ3v) is 5.02. The molecule has 0 spiro atoms. The second-order valence-electron chi connectivity index (χ2n) is 7.03. The van der Waals surface area contributed by atoms with Crippen LogP contribution >= 0.6 is 11.6 Å². The lowest BCUT2D eigenvalue weighted by atomic mass is 10.2. The highest BCUT2D eigenvalue weighted by Gasteiger charge is 2.11. The van der Waals surface area contributed by atoms with Crippen LogP contribution in [0.5, 0.6) is 17.2 Å². The molecule has 3 aromatic carbocycles. The minimum atomic E-state index is -0.327. The van der Waals surface area contributed by atoms with Gasteiger partial charge in [-0.05, 0) is 60.5 Å². The molecule has 1 heterocycles. The number of halogens is 1. The second kappa shape index (κ2) is 9.58. The molecular formula is C25H20ClNO5. The van der Waals surface area contributed by atoms with Crippen molar-refractivity contribution < 1.29 is 18.7 Å². The minimum Gasteiger partial charge on any atom is -0.484 e. The molecule has 0 aliphatic heterocycles. The fourth-order valence-electron chi connectivity index (χ4n) is 3.05. The van der Waals surface area contributed by atoms with Gasteiger partial charge >= 0.3 is 0 Å². The highest BCUT2D eigenvalue weighted by atomic mass is 35.5. The highest BCUT2D eigenvalue weighted by molar-refractivity contribution is 6.30. The first-order chi connectivity index (χ1) is 15.5. The van der Waals surface area contributed by atoms with Crippen LogP contribution in [0.2, 0.25) is 5.02 Å². The van der Waals surface area contributed by atoms with Gasteiger partial charge in [-0.1, -0.05) is 30.7 Å². The number of benzene rings is 3. The van der Waals surface area contributed by atoms with E-state index in [1.807, 2.05) is 24.3 Å². The zero-order valence-corrected chi connectivity index (χ0v) is 18.0. The molecule has 6 nitrogen and oxygen atoms in total. The summed E-state index contributed by atoms with van der Waals surface area (Å²) in [7, 11) is 0. The molecule has 0 aliphatic rings. The summed E-state index contributed by atoms with van der Waals surface area (Å²) in [4.78, 5) is 24.8. The standard InChI is InChI=1S/C25H20ClNO5/c1-2-16-3-9-19(10-4-16)32-23-14-31-22-13-20(11-12-21(22)25(23)29)30-15-24(28)27-18-7-5-17(26)6-8-18/h3-14H,2,15H2,1H3,(H,27,28). The molecule has 0 saturated carbocycles. The van der Waals surface area contributed by atoms with Crippen molar-refractivity contribution in [1.82, 2.24) is 0 Å². The molecule has 0 fully saturated rings. The summed E-state index contributed by atoms with van der Waals surface area (Å²) in [5.74, 6) is 0.723. The molecule has 32 heavy (non-hydrogen) atoms. The molecule has 162 valence electrons. The van der Waals surface area contributed by atoms with Crippen LogP contribution < -0.4 is 20.2 Å². The highest BCUT2D eigenvalue weighted by Crippen LogP contribution is 2.24. The van der Waals surface area contributed by atoms with Crippen molar-refractivity contribution in [2.75, 3.05) is 11.9 Å². The van der Waals surface area contributed by atoms with Gasteiger partial charge in [0.15, 0.2) is 6.61 Å². The topological polar surface area (TPSA) is 77.8 Å². The van der Waals surface area contributed by atoms with E-state index in [1.54, 1.807) is 42.5 Å². The van der Waals surface area contributed by atoms with Gasteiger partial charge in [0.25, 0.3) is 5.91 Å². The van der Waals surface area contributed by atoms with Crippen LogP contribution in [0.4, 0.5) is 5.69 Å². The first-order valence-electron chi connectivity index (χ1n) is 10.0. The number of anilines is 1. The molecular weight excluding hydrogens is 430 g/mol. The predicted octanol–water partition coefficient (Wildman–Crippen LogP) is 5.82. The van der Waals surface area contributed by atoms with E-state index in [-0.39, 0.29) is 23.7 Å². The van der Waals surface area contributed by atoms with Crippen LogP contribution in [0.15, 0.2) is 82.2 Å². The Balaban J connectivity index is 1.43. The number of carbonyl (C=O) groups is 1. The molecule has 0 aliphatic carbocycles. The number of ether oxygens (including phenoxy) is 2. The number of amides is 1. The summed E-state index contributed by atoms with van der Waals surface area (Å²) < 4.78 is 16.8. The Bertz CT molecular complexity index is 1300. The van der Waals surface area contributed by atoms with E-state index in [1.165, 1.54) is 11.8 Å². The molecule has 1 N–H and O–H groups in total. The maximum absolute atomic E-state index is 12.8. The van der Waals surface area contributed by atoms with Crippen LogP contribution in [0.3, 0.4) is 0 Å². The van der Waals surface area contributed by atoms with Gasteiger partial charge < -0.3 is 19.2 Å². The number of rotatable bonds is 7. The summed E-state index contributed by atoms with van der Waals surface area (Å²) >= 11 is 5.83. The number of carbonyl (C=O) groups excluding carboxylic acids is 1. The van der Waals surface area contributed by atoms with E-state index >= 15 is 0 Å². The fourth-order valence-corrected chi connectivity index (χ4v) is 3.18. The smallest absolute Gasteiger partial charge is 0.262 e. The summed E-state index contributed by atoms with van der Waals surface area (Å²) in [6, 6.07) is 19.0. The van der Waals surface area contributed by atoms with Crippen molar-refractivity contribution in [2.45, 2.75) is 13.3 Å². The lowest BCUT2D eigenvalue weighted by molar-refractivity contribution is -0.118. The molecule has 1 amide bonds. The third kappa shape index (κ3) is 5.10. The molecule has 7 heteroatoms. The van der Waals surface area contributed by atoms with Crippen molar-refractivity contribution in [3.63, 3.8) is 0 Å². The number of nitrogens with one attached hydrogen (secondary N) is 1. The van der Waals surface area contributed by atoms with Crippen LogP contribution in [0.25, 0.3) is 11.0 Å². The maximum atomic E-state index is 12.8. The Labute approximate surface area is 189 Å². The van der Waals surface area contributed by atoms with E-state index in [0.717, 1.165) is 6.42 Å². The van der Waals surface area contributed by atoms with E-state index in [9.17, 15) is 9.59 Å². The van der Waals surface area contributed by atoms with Crippen molar-refractivity contribution in [3.8, 4) is 17.2 Å². The quantitative estimate of drug-likeness (QED) is 0.384. The SMILES string of the molecule is CCc1ccc(Oc2coc3cc(OCC(=O)Nc4ccc(Cl)cc4)ccc3c2=O)cc1. The van der Waals surface area contributed by atoms with Crippen LogP contribution in [0, 0.1) is 0 Å². The van der Waals surface area contributed by atoms with E-state index in [0.29, 0.717) is 33.2 Å².